The zero-order valence-corrected chi connectivity index (χ0v) is 21.0. The molecule has 0 aliphatic heterocycles. The van der Waals surface area contributed by atoms with Crippen molar-refractivity contribution in [2.75, 3.05) is 19.8 Å². The van der Waals surface area contributed by atoms with Gasteiger partial charge >= 0.3 is 5.97 Å². The van der Waals surface area contributed by atoms with E-state index >= 15 is 0 Å². The maximum Gasteiger partial charge on any atom is 0.329 e. The van der Waals surface area contributed by atoms with Crippen molar-refractivity contribution in [3.05, 3.63) is 60.3 Å². The molecule has 0 bridgehead atoms. The van der Waals surface area contributed by atoms with Crippen LogP contribution in [0.4, 0.5) is 0 Å². The first-order valence-electron chi connectivity index (χ1n) is 13.0. The molecule has 8 nitrogen and oxygen atoms in total. The number of aromatic nitrogens is 2. The van der Waals surface area contributed by atoms with Gasteiger partial charge in [-0.3, -0.25) is 4.68 Å². The number of benzene rings is 2. The first kappa shape index (κ1) is 26.9. The van der Waals surface area contributed by atoms with Crippen molar-refractivity contribution in [2.24, 2.45) is 11.8 Å². The molecule has 8 heteroatoms. The van der Waals surface area contributed by atoms with Crippen LogP contribution in [0.3, 0.4) is 0 Å². The minimum Gasteiger partial charge on any atom is -0.508 e. The molecule has 1 unspecified atom stereocenters. The number of phenols is 1. The molecule has 1 fully saturated rings. The summed E-state index contributed by atoms with van der Waals surface area (Å²) < 4.78 is 7.37. The maximum absolute atomic E-state index is 10.7. The number of aliphatic hydroxyl groups is 2. The van der Waals surface area contributed by atoms with Crippen molar-refractivity contribution in [1.82, 2.24) is 9.78 Å². The summed E-state index contributed by atoms with van der Waals surface area (Å²) in [5.74, 6) is 0.0185. The molecule has 0 saturated heterocycles. The Hall–Kier alpha value is -3.20. The summed E-state index contributed by atoms with van der Waals surface area (Å²) in [6, 6.07) is 17.1. The molecule has 0 radical (unpaired) electrons. The lowest BCUT2D eigenvalue weighted by Crippen LogP contribution is -2.24. The Morgan fingerprint density at radius 1 is 1.03 bits per heavy atom. The molecule has 4 N–H and O–H groups in total. The number of nitrogens with zero attached hydrogens (tertiary/aromatic N) is 2. The fraction of sp³-hybridized carbons (Fsp3) is 0.448. The summed E-state index contributed by atoms with van der Waals surface area (Å²) in [6.07, 6.45) is 4.08. The molecule has 1 aliphatic carbocycles. The molecule has 1 aliphatic rings. The van der Waals surface area contributed by atoms with E-state index in [0.29, 0.717) is 31.3 Å². The Bertz CT molecular complexity index is 1150. The summed E-state index contributed by atoms with van der Waals surface area (Å²) in [6.45, 7) is 0.655. The summed E-state index contributed by atoms with van der Waals surface area (Å²) in [4.78, 5) is 10.7. The number of carboxylic acid groups (broad SMARTS) is 1. The van der Waals surface area contributed by atoms with E-state index in [-0.39, 0.29) is 19.0 Å². The smallest absolute Gasteiger partial charge is 0.329 e. The van der Waals surface area contributed by atoms with Crippen LogP contribution in [-0.4, -0.2) is 62.1 Å². The maximum atomic E-state index is 10.7. The van der Waals surface area contributed by atoms with E-state index in [1.54, 1.807) is 12.1 Å². The third kappa shape index (κ3) is 7.19. The molecule has 1 heterocycles. The molecule has 1 aromatic heterocycles. The minimum atomic E-state index is -0.942. The van der Waals surface area contributed by atoms with E-state index in [1.165, 1.54) is 0 Å². The fourth-order valence-electron chi connectivity index (χ4n) is 5.20. The van der Waals surface area contributed by atoms with Crippen molar-refractivity contribution in [1.29, 1.82) is 0 Å². The predicted octanol–water partition coefficient (Wildman–Crippen LogP) is 4.12. The zero-order valence-electron chi connectivity index (χ0n) is 21.0. The van der Waals surface area contributed by atoms with Crippen molar-refractivity contribution in [2.45, 2.75) is 51.2 Å². The second-order valence-electron chi connectivity index (χ2n) is 9.94. The van der Waals surface area contributed by atoms with Crippen LogP contribution >= 0.6 is 0 Å². The summed E-state index contributed by atoms with van der Waals surface area (Å²) in [5.41, 5.74) is 4.57. The largest absolute Gasteiger partial charge is 0.508 e. The number of aliphatic hydroxyl groups excluding tert-OH is 2. The lowest BCUT2D eigenvalue weighted by atomic mass is 9.82. The minimum absolute atomic E-state index is 0.175. The van der Waals surface area contributed by atoms with Crippen LogP contribution in [0.5, 0.6) is 5.75 Å². The van der Waals surface area contributed by atoms with E-state index < -0.39 is 12.1 Å². The lowest BCUT2D eigenvalue weighted by molar-refractivity contribution is -0.142. The summed E-state index contributed by atoms with van der Waals surface area (Å²) in [7, 11) is 0. The number of aliphatic carboxylic acids is 1. The average Bonchev–Trinajstić information content (AvgIpc) is 3.26. The number of aromatic hydroxyl groups is 1. The van der Waals surface area contributed by atoms with Crippen molar-refractivity contribution >= 4 is 5.97 Å². The quantitative estimate of drug-likeness (QED) is 0.290. The molecule has 1 atom stereocenters. The van der Waals surface area contributed by atoms with Crippen molar-refractivity contribution in [3.63, 3.8) is 0 Å². The normalized spacial score (nSPS) is 18.5. The Balaban J connectivity index is 1.62. The van der Waals surface area contributed by atoms with Crippen LogP contribution in [0, 0.1) is 11.8 Å². The van der Waals surface area contributed by atoms with Gasteiger partial charge in [-0.25, -0.2) is 4.79 Å². The molecular formula is C29H36N2O6. The van der Waals surface area contributed by atoms with Gasteiger partial charge in [-0.1, -0.05) is 42.5 Å². The predicted molar refractivity (Wildman–Crippen MR) is 140 cm³/mol. The summed E-state index contributed by atoms with van der Waals surface area (Å²) in [5, 5.41) is 43.6. The lowest BCUT2D eigenvalue weighted by Gasteiger charge is -2.28. The highest BCUT2D eigenvalue weighted by atomic mass is 16.5. The number of carboxylic acids is 1. The van der Waals surface area contributed by atoms with Crippen LogP contribution in [0.25, 0.3) is 22.4 Å². The standard InChI is InChI=1S/C29H36N2O6/c32-17-25(34)13-14-26-28(23-7-4-8-24(33)15-23)29(22-5-2-1-3-6-22)30-31(26)16-20-9-11-21(12-10-20)18-37-19-27(35)36/h1-8,15,20-21,25,32-34H,9-14,16-19H2,(H,35,36). The molecule has 0 spiro atoms. The highest BCUT2D eigenvalue weighted by molar-refractivity contribution is 5.83. The van der Waals surface area contributed by atoms with Gasteiger partial charge in [0.25, 0.3) is 0 Å². The number of phenolic OH excluding ortho intramolecular Hbond substituents is 1. The highest BCUT2D eigenvalue weighted by Gasteiger charge is 2.26. The van der Waals surface area contributed by atoms with Gasteiger partial charge in [0.15, 0.2) is 0 Å². The van der Waals surface area contributed by atoms with E-state index in [9.17, 15) is 20.1 Å². The highest BCUT2D eigenvalue weighted by Crippen LogP contribution is 2.38. The number of rotatable bonds is 12. The Kier molecular flexibility index (Phi) is 9.33. The van der Waals surface area contributed by atoms with Crippen LogP contribution in [0.15, 0.2) is 54.6 Å². The van der Waals surface area contributed by atoms with Crippen LogP contribution in [0.2, 0.25) is 0 Å². The van der Waals surface area contributed by atoms with E-state index in [2.05, 4.69) is 4.68 Å². The zero-order chi connectivity index (χ0) is 26.2. The molecular weight excluding hydrogens is 472 g/mol. The summed E-state index contributed by atoms with van der Waals surface area (Å²) >= 11 is 0. The molecule has 4 rings (SSSR count). The van der Waals surface area contributed by atoms with Gasteiger partial charge in [-0.2, -0.15) is 5.10 Å². The monoisotopic (exact) mass is 508 g/mol. The van der Waals surface area contributed by atoms with E-state index in [1.807, 2.05) is 42.5 Å². The molecule has 2 aromatic carbocycles. The third-order valence-corrected chi connectivity index (χ3v) is 7.14. The second kappa shape index (κ2) is 12.9. The average molecular weight is 509 g/mol. The van der Waals surface area contributed by atoms with Gasteiger partial charge < -0.3 is 25.2 Å². The second-order valence-corrected chi connectivity index (χ2v) is 9.94. The van der Waals surface area contributed by atoms with Gasteiger partial charge in [0, 0.05) is 23.4 Å². The first-order chi connectivity index (χ1) is 17.9. The van der Waals surface area contributed by atoms with E-state index in [4.69, 9.17) is 14.9 Å². The number of carbonyl (C=O) groups is 1. The van der Waals surface area contributed by atoms with Crippen LogP contribution < -0.4 is 0 Å². The van der Waals surface area contributed by atoms with Gasteiger partial charge in [0.05, 0.1) is 19.3 Å². The number of hydrogen-bond donors (Lipinski definition) is 4. The molecule has 0 amide bonds. The Morgan fingerprint density at radius 2 is 1.73 bits per heavy atom. The molecule has 37 heavy (non-hydrogen) atoms. The Labute approximate surface area is 217 Å². The van der Waals surface area contributed by atoms with Crippen LogP contribution in [0.1, 0.15) is 37.8 Å². The fourth-order valence-corrected chi connectivity index (χ4v) is 5.20. The van der Waals surface area contributed by atoms with E-state index in [0.717, 1.165) is 60.3 Å². The SMILES string of the molecule is O=C(O)COCC1CCC(Cn2nc(-c3ccccc3)c(-c3cccc(O)c3)c2CCC(O)CO)CC1. The van der Waals surface area contributed by atoms with Gasteiger partial charge in [-0.15, -0.1) is 0 Å². The molecule has 198 valence electrons. The van der Waals surface area contributed by atoms with Crippen molar-refractivity contribution < 1.29 is 30.0 Å². The first-order valence-corrected chi connectivity index (χ1v) is 13.0. The van der Waals surface area contributed by atoms with Gasteiger partial charge in [0.1, 0.15) is 18.1 Å². The van der Waals surface area contributed by atoms with Crippen LogP contribution in [-0.2, 0) is 22.5 Å². The topological polar surface area (TPSA) is 125 Å². The molecule has 3 aromatic rings. The van der Waals surface area contributed by atoms with Crippen molar-refractivity contribution in [3.8, 4) is 28.1 Å². The number of hydrogen-bond acceptors (Lipinski definition) is 6. The number of ether oxygens (including phenoxy) is 1. The Morgan fingerprint density at radius 3 is 2.41 bits per heavy atom. The third-order valence-electron chi connectivity index (χ3n) is 7.14. The molecule has 1 saturated carbocycles. The van der Waals surface area contributed by atoms with Gasteiger partial charge in [0.2, 0.25) is 0 Å². The van der Waals surface area contributed by atoms with Gasteiger partial charge in [-0.05, 0) is 68.1 Å².